The number of benzene rings is 1. The van der Waals surface area contributed by atoms with Gasteiger partial charge in [0.1, 0.15) is 0 Å². The second-order valence-electron chi connectivity index (χ2n) is 7.09. The van der Waals surface area contributed by atoms with Gasteiger partial charge in [-0.05, 0) is 68.5 Å². The van der Waals surface area contributed by atoms with Crippen LogP contribution < -0.4 is 5.32 Å². The van der Waals surface area contributed by atoms with E-state index in [2.05, 4.69) is 5.32 Å². The number of carbonyl (C=O) groups excluding carboxylic acids is 1. The summed E-state index contributed by atoms with van der Waals surface area (Å²) in [5.41, 5.74) is -6.73. The molecule has 0 aromatic heterocycles. The molecule has 0 unspecified atom stereocenters. The zero-order valence-electron chi connectivity index (χ0n) is 13.6. The lowest BCUT2D eigenvalue weighted by molar-refractivity contribution is -0.253. The Balaban J connectivity index is 1.69. The van der Waals surface area contributed by atoms with E-state index in [-0.39, 0.29) is 60.7 Å². The Bertz CT molecular complexity index is 675. The van der Waals surface area contributed by atoms with Crippen LogP contribution in [0.15, 0.2) is 29.2 Å². The number of nitrogens with one attached hydrogen (secondary N) is 1. The number of hydrogen-bond donors (Lipinski definition) is 1. The molecule has 0 aliphatic heterocycles. The molecule has 3 saturated carbocycles. The third-order valence-corrected chi connectivity index (χ3v) is 6.28. The summed E-state index contributed by atoms with van der Waals surface area (Å²) in [6.45, 7) is 0. The molecule has 0 spiro atoms. The quantitative estimate of drug-likeness (QED) is 0.525. The number of rotatable bonds is 3. The third-order valence-electron chi connectivity index (χ3n) is 5.56. The first-order valence-corrected chi connectivity index (χ1v) is 9.01. The predicted octanol–water partition coefficient (Wildman–Crippen LogP) is 5.68. The second kappa shape index (κ2) is 6.35. The summed E-state index contributed by atoms with van der Waals surface area (Å²) in [7, 11) is 0. The molecule has 0 radical (unpaired) electrons. The van der Waals surface area contributed by atoms with Crippen LogP contribution in [-0.4, -0.2) is 23.1 Å². The zero-order valence-corrected chi connectivity index (χ0v) is 14.5. The van der Waals surface area contributed by atoms with E-state index in [1.54, 1.807) is 0 Å². The Morgan fingerprint density at radius 3 is 2.04 bits per heavy atom. The molecule has 1 N–H and O–H groups in total. The summed E-state index contributed by atoms with van der Waals surface area (Å²) < 4.78 is 77.2. The van der Waals surface area contributed by atoms with Crippen LogP contribution in [-0.2, 0) is 0 Å². The first-order valence-electron chi connectivity index (χ1n) is 8.19. The monoisotopic (exact) mass is 397 g/mol. The summed E-state index contributed by atoms with van der Waals surface area (Å²) in [6.07, 6.45) is -3.63. The van der Waals surface area contributed by atoms with Crippen molar-refractivity contribution in [2.45, 2.75) is 60.6 Å². The van der Waals surface area contributed by atoms with Gasteiger partial charge in [-0.3, -0.25) is 4.79 Å². The molecule has 4 rings (SSSR count). The molecular formula is C17H17F6NOS. The Labute approximate surface area is 150 Å². The number of thioether (sulfide) groups is 1. The molecule has 1 aromatic rings. The molecule has 144 valence electrons. The maximum atomic E-state index is 13.3. The SMILES string of the molecule is O=C(NC12CCC(C(F)(F)F)(CC1)CC2)c1cccc(SC(F)(F)F)c1. The van der Waals surface area contributed by atoms with Crippen molar-refractivity contribution in [3.63, 3.8) is 0 Å². The molecule has 0 saturated heterocycles. The third kappa shape index (κ3) is 3.82. The van der Waals surface area contributed by atoms with E-state index >= 15 is 0 Å². The minimum atomic E-state index is -4.46. The lowest BCUT2D eigenvalue weighted by Crippen LogP contribution is -2.59. The van der Waals surface area contributed by atoms with Crippen LogP contribution in [0.1, 0.15) is 48.9 Å². The summed E-state index contributed by atoms with van der Waals surface area (Å²) in [4.78, 5) is 12.4. The van der Waals surface area contributed by atoms with Crippen LogP contribution in [0.4, 0.5) is 26.3 Å². The van der Waals surface area contributed by atoms with E-state index in [4.69, 9.17) is 0 Å². The van der Waals surface area contributed by atoms with Crippen molar-refractivity contribution in [3.8, 4) is 0 Å². The van der Waals surface area contributed by atoms with Gasteiger partial charge in [-0.1, -0.05) is 6.07 Å². The van der Waals surface area contributed by atoms with E-state index in [1.165, 1.54) is 18.2 Å². The average Bonchev–Trinajstić information content (AvgIpc) is 2.54. The van der Waals surface area contributed by atoms with Crippen LogP contribution >= 0.6 is 11.8 Å². The summed E-state index contributed by atoms with van der Waals surface area (Å²) >= 11 is -0.312. The highest BCUT2D eigenvalue weighted by Crippen LogP contribution is 2.59. The fraction of sp³-hybridized carbons (Fsp3) is 0.588. The molecule has 3 aliphatic rings. The fourth-order valence-electron chi connectivity index (χ4n) is 3.95. The first-order chi connectivity index (χ1) is 11.9. The molecule has 3 aliphatic carbocycles. The van der Waals surface area contributed by atoms with Gasteiger partial charge in [0, 0.05) is 16.0 Å². The molecule has 3 fully saturated rings. The fourth-order valence-corrected chi connectivity index (χ4v) is 4.55. The van der Waals surface area contributed by atoms with Crippen molar-refractivity contribution in [3.05, 3.63) is 29.8 Å². The van der Waals surface area contributed by atoms with Crippen molar-refractivity contribution in [1.82, 2.24) is 5.32 Å². The number of halogens is 6. The molecule has 0 atom stereocenters. The molecule has 2 bridgehead atoms. The number of alkyl halides is 6. The Morgan fingerprint density at radius 2 is 1.54 bits per heavy atom. The standard InChI is InChI=1S/C17H17F6NOS/c18-16(19,20)14-4-7-15(8-5-14,9-6-14)24-13(25)11-2-1-3-12(10-11)26-17(21,22)23/h1-3,10H,4-9H2,(H,24,25). The maximum Gasteiger partial charge on any atom is 0.446 e. The lowest BCUT2D eigenvalue weighted by Gasteiger charge is -2.53. The van der Waals surface area contributed by atoms with E-state index in [9.17, 15) is 31.1 Å². The zero-order chi connectivity index (χ0) is 19.2. The largest absolute Gasteiger partial charge is 0.446 e. The normalized spacial score (nSPS) is 28.8. The van der Waals surface area contributed by atoms with Crippen molar-refractivity contribution in [2.75, 3.05) is 0 Å². The van der Waals surface area contributed by atoms with Crippen LogP contribution in [0.3, 0.4) is 0 Å². The van der Waals surface area contributed by atoms with Gasteiger partial charge in [0.25, 0.3) is 5.91 Å². The number of hydrogen-bond acceptors (Lipinski definition) is 2. The van der Waals surface area contributed by atoms with Crippen molar-refractivity contribution in [2.24, 2.45) is 5.41 Å². The topological polar surface area (TPSA) is 29.1 Å². The van der Waals surface area contributed by atoms with Crippen molar-refractivity contribution in [1.29, 1.82) is 0 Å². The van der Waals surface area contributed by atoms with E-state index < -0.39 is 28.5 Å². The highest BCUT2D eigenvalue weighted by atomic mass is 32.2. The highest BCUT2D eigenvalue weighted by Gasteiger charge is 2.61. The smallest absolute Gasteiger partial charge is 0.347 e. The molecule has 0 heterocycles. The Kier molecular flexibility index (Phi) is 4.74. The van der Waals surface area contributed by atoms with Crippen LogP contribution in [0.5, 0.6) is 0 Å². The lowest BCUT2D eigenvalue weighted by atomic mass is 9.57. The number of carbonyl (C=O) groups is 1. The molecule has 2 nitrogen and oxygen atoms in total. The summed E-state index contributed by atoms with van der Waals surface area (Å²) in [5, 5.41) is 2.80. The van der Waals surface area contributed by atoms with Gasteiger partial charge in [0.2, 0.25) is 0 Å². The molecule has 9 heteroatoms. The minimum absolute atomic E-state index is 0.0270. The predicted molar refractivity (Wildman–Crippen MR) is 84.7 cm³/mol. The molecule has 26 heavy (non-hydrogen) atoms. The van der Waals surface area contributed by atoms with E-state index in [0.29, 0.717) is 0 Å². The van der Waals surface area contributed by atoms with Gasteiger partial charge in [-0.15, -0.1) is 0 Å². The molecule has 1 amide bonds. The summed E-state index contributed by atoms with van der Waals surface area (Å²) in [5.74, 6) is -0.545. The van der Waals surface area contributed by atoms with Crippen molar-refractivity contribution >= 4 is 17.7 Å². The van der Waals surface area contributed by atoms with Crippen LogP contribution in [0, 0.1) is 5.41 Å². The van der Waals surface area contributed by atoms with E-state index in [1.807, 2.05) is 0 Å². The van der Waals surface area contributed by atoms with Gasteiger partial charge in [0.05, 0.1) is 5.41 Å². The minimum Gasteiger partial charge on any atom is -0.347 e. The van der Waals surface area contributed by atoms with Gasteiger partial charge in [0.15, 0.2) is 0 Å². The summed E-state index contributed by atoms with van der Waals surface area (Å²) in [6, 6.07) is 5.16. The van der Waals surface area contributed by atoms with Crippen LogP contribution in [0.2, 0.25) is 0 Å². The second-order valence-corrected chi connectivity index (χ2v) is 8.23. The van der Waals surface area contributed by atoms with E-state index in [0.717, 1.165) is 6.07 Å². The highest BCUT2D eigenvalue weighted by molar-refractivity contribution is 8.00. The van der Waals surface area contributed by atoms with Gasteiger partial charge < -0.3 is 5.32 Å². The number of amides is 1. The first kappa shape index (κ1) is 19.4. The average molecular weight is 397 g/mol. The van der Waals surface area contributed by atoms with Gasteiger partial charge in [-0.25, -0.2) is 0 Å². The Hall–Kier alpha value is -1.38. The maximum absolute atomic E-state index is 13.3. The number of fused-ring (bicyclic) bond motifs is 3. The Morgan fingerprint density at radius 1 is 0.962 bits per heavy atom. The molecular weight excluding hydrogens is 380 g/mol. The van der Waals surface area contributed by atoms with Gasteiger partial charge in [-0.2, -0.15) is 26.3 Å². The van der Waals surface area contributed by atoms with Crippen molar-refractivity contribution < 1.29 is 31.1 Å². The van der Waals surface area contributed by atoms with Crippen LogP contribution in [0.25, 0.3) is 0 Å². The molecule has 1 aromatic carbocycles. The van der Waals surface area contributed by atoms with Gasteiger partial charge >= 0.3 is 11.7 Å².